The molecule has 2 aliphatic heterocycles. The Balaban J connectivity index is 1.19. The first kappa shape index (κ1) is 17.1. The highest BCUT2D eigenvalue weighted by atomic mass is 16.7. The van der Waals surface area contributed by atoms with E-state index in [1.807, 2.05) is 29.0 Å². The van der Waals surface area contributed by atoms with Crippen molar-refractivity contribution < 1.29 is 14.2 Å². The van der Waals surface area contributed by atoms with Gasteiger partial charge in [0.2, 0.25) is 6.79 Å². The van der Waals surface area contributed by atoms with E-state index in [1.54, 1.807) is 12.5 Å². The Labute approximate surface area is 164 Å². The molecule has 28 heavy (non-hydrogen) atoms. The average molecular weight is 377 g/mol. The molecule has 3 heterocycles. The number of hydrogen-bond donors (Lipinski definition) is 0. The number of benzene rings is 2. The van der Waals surface area contributed by atoms with Crippen LogP contribution in [0.3, 0.4) is 0 Å². The Morgan fingerprint density at radius 3 is 2.82 bits per heavy atom. The Morgan fingerprint density at radius 2 is 1.96 bits per heavy atom. The van der Waals surface area contributed by atoms with Crippen molar-refractivity contribution in [3.63, 3.8) is 0 Å². The zero-order chi connectivity index (χ0) is 18.8. The van der Waals surface area contributed by atoms with Crippen molar-refractivity contribution in [2.24, 2.45) is 0 Å². The quantitative estimate of drug-likeness (QED) is 0.656. The fourth-order valence-electron chi connectivity index (χ4n) is 3.88. The summed E-state index contributed by atoms with van der Waals surface area (Å²) >= 11 is 0. The van der Waals surface area contributed by atoms with Crippen molar-refractivity contribution in [3.8, 4) is 22.9 Å². The second kappa shape index (κ2) is 7.56. The van der Waals surface area contributed by atoms with Crippen LogP contribution in [0.25, 0.3) is 5.69 Å². The van der Waals surface area contributed by atoms with Gasteiger partial charge in [-0.3, -0.25) is 4.90 Å². The van der Waals surface area contributed by atoms with E-state index in [4.69, 9.17) is 14.2 Å². The fraction of sp³-hybridized carbons (Fsp3) is 0.318. The van der Waals surface area contributed by atoms with Gasteiger partial charge >= 0.3 is 0 Å². The van der Waals surface area contributed by atoms with Crippen LogP contribution in [0.15, 0.2) is 61.2 Å². The number of likely N-dealkylation sites (tertiary alicyclic amines) is 1. The summed E-state index contributed by atoms with van der Waals surface area (Å²) in [5, 5.41) is 0. The average Bonchev–Trinajstić information content (AvgIpc) is 3.48. The third-order valence-corrected chi connectivity index (χ3v) is 5.40. The lowest BCUT2D eigenvalue weighted by Crippen LogP contribution is -2.33. The smallest absolute Gasteiger partial charge is 0.231 e. The lowest BCUT2D eigenvalue weighted by Gasteiger charge is -2.24. The molecule has 0 bridgehead atoms. The summed E-state index contributed by atoms with van der Waals surface area (Å²) < 4.78 is 19.0. The second-order valence-corrected chi connectivity index (χ2v) is 7.23. The van der Waals surface area contributed by atoms with Gasteiger partial charge in [-0.05, 0) is 61.3 Å². The van der Waals surface area contributed by atoms with Crippen molar-refractivity contribution in [1.82, 2.24) is 14.5 Å². The van der Waals surface area contributed by atoms with Crippen LogP contribution in [-0.2, 0) is 6.54 Å². The standard InChI is InChI=1S/C22H23N3O3/c1-2-19(14-26-20-6-4-18(5-7-20)25-11-9-23-15-25)24(10-1)13-17-3-8-21-22(12-17)28-16-27-21/h3-9,11-12,15,19H,1-2,10,13-14,16H2. The zero-order valence-electron chi connectivity index (χ0n) is 15.7. The zero-order valence-corrected chi connectivity index (χ0v) is 15.7. The molecule has 144 valence electrons. The Kier molecular flexibility index (Phi) is 4.62. The van der Waals surface area contributed by atoms with Crippen LogP contribution in [-0.4, -0.2) is 40.4 Å². The second-order valence-electron chi connectivity index (χ2n) is 7.23. The Bertz CT molecular complexity index is 925. The lowest BCUT2D eigenvalue weighted by atomic mass is 10.1. The van der Waals surface area contributed by atoms with E-state index in [0.29, 0.717) is 19.4 Å². The van der Waals surface area contributed by atoms with E-state index < -0.39 is 0 Å². The summed E-state index contributed by atoms with van der Waals surface area (Å²) in [5.74, 6) is 2.59. The highest BCUT2D eigenvalue weighted by Gasteiger charge is 2.25. The number of nitrogens with zero attached hydrogens (tertiary/aromatic N) is 3. The number of aromatic nitrogens is 2. The van der Waals surface area contributed by atoms with Gasteiger partial charge in [0.25, 0.3) is 0 Å². The molecular weight excluding hydrogens is 354 g/mol. The van der Waals surface area contributed by atoms with E-state index in [9.17, 15) is 0 Å². The van der Waals surface area contributed by atoms with Gasteiger partial charge < -0.3 is 18.8 Å². The van der Waals surface area contributed by atoms with Gasteiger partial charge in [0, 0.05) is 30.7 Å². The summed E-state index contributed by atoms with van der Waals surface area (Å²) in [4.78, 5) is 6.58. The first-order valence-electron chi connectivity index (χ1n) is 9.69. The highest BCUT2D eigenvalue weighted by molar-refractivity contribution is 5.44. The van der Waals surface area contributed by atoms with Crippen LogP contribution in [0.1, 0.15) is 18.4 Å². The molecule has 0 saturated carbocycles. The van der Waals surface area contributed by atoms with E-state index in [2.05, 4.69) is 34.1 Å². The number of fused-ring (bicyclic) bond motifs is 1. The van der Waals surface area contributed by atoms with E-state index in [-0.39, 0.29) is 0 Å². The number of ether oxygens (including phenoxy) is 3. The van der Waals surface area contributed by atoms with E-state index in [0.717, 1.165) is 42.4 Å². The first-order chi connectivity index (χ1) is 13.8. The van der Waals surface area contributed by atoms with Gasteiger partial charge in [0.05, 0.1) is 6.33 Å². The van der Waals surface area contributed by atoms with Crippen molar-refractivity contribution in [2.45, 2.75) is 25.4 Å². The molecule has 0 amide bonds. The molecule has 2 aliphatic rings. The van der Waals surface area contributed by atoms with Gasteiger partial charge in [-0.2, -0.15) is 0 Å². The van der Waals surface area contributed by atoms with Crippen molar-refractivity contribution >= 4 is 0 Å². The molecule has 0 N–H and O–H groups in total. The van der Waals surface area contributed by atoms with Crippen LogP contribution in [0.5, 0.6) is 17.2 Å². The summed E-state index contributed by atoms with van der Waals surface area (Å²) in [5.41, 5.74) is 2.33. The predicted molar refractivity (Wildman–Crippen MR) is 105 cm³/mol. The minimum Gasteiger partial charge on any atom is -0.492 e. The van der Waals surface area contributed by atoms with Crippen LogP contribution in [0.4, 0.5) is 0 Å². The highest BCUT2D eigenvalue weighted by Crippen LogP contribution is 2.33. The maximum atomic E-state index is 6.09. The molecule has 0 aliphatic carbocycles. The first-order valence-corrected chi connectivity index (χ1v) is 9.69. The van der Waals surface area contributed by atoms with Gasteiger partial charge in [-0.25, -0.2) is 4.98 Å². The molecule has 1 unspecified atom stereocenters. The molecule has 0 radical (unpaired) electrons. The minimum atomic E-state index is 0.318. The van der Waals surface area contributed by atoms with Gasteiger partial charge in [-0.1, -0.05) is 6.07 Å². The Morgan fingerprint density at radius 1 is 1.07 bits per heavy atom. The van der Waals surface area contributed by atoms with Crippen molar-refractivity contribution in [1.29, 1.82) is 0 Å². The Hall–Kier alpha value is -2.99. The lowest BCUT2D eigenvalue weighted by molar-refractivity contribution is 0.166. The molecule has 6 nitrogen and oxygen atoms in total. The van der Waals surface area contributed by atoms with Crippen LogP contribution in [0, 0.1) is 0 Å². The molecule has 6 heteroatoms. The SMILES string of the molecule is c1cn(-c2ccc(OCC3CCCN3Cc3ccc4c(c3)OCO4)cc2)cn1. The van der Waals surface area contributed by atoms with Crippen LogP contribution >= 0.6 is 0 Å². The topological polar surface area (TPSA) is 48.8 Å². The predicted octanol–water partition coefficient (Wildman–Crippen LogP) is 3.64. The maximum Gasteiger partial charge on any atom is 0.231 e. The molecule has 5 rings (SSSR count). The molecule has 3 aromatic rings. The van der Waals surface area contributed by atoms with Gasteiger partial charge in [0.1, 0.15) is 12.4 Å². The fourth-order valence-corrected chi connectivity index (χ4v) is 3.88. The van der Waals surface area contributed by atoms with Crippen molar-refractivity contribution in [3.05, 3.63) is 66.7 Å². The molecule has 1 atom stereocenters. The van der Waals surface area contributed by atoms with Crippen LogP contribution in [0.2, 0.25) is 0 Å². The molecular formula is C22H23N3O3. The van der Waals surface area contributed by atoms with E-state index >= 15 is 0 Å². The molecule has 2 aromatic carbocycles. The normalized spacial score (nSPS) is 18.5. The number of rotatable bonds is 6. The van der Waals surface area contributed by atoms with Crippen molar-refractivity contribution in [2.75, 3.05) is 19.9 Å². The minimum absolute atomic E-state index is 0.318. The molecule has 1 saturated heterocycles. The van der Waals surface area contributed by atoms with Gasteiger partial charge in [-0.15, -0.1) is 0 Å². The van der Waals surface area contributed by atoms with Crippen LogP contribution < -0.4 is 14.2 Å². The van der Waals surface area contributed by atoms with Gasteiger partial charge in [0.15, 0.2) is 11.5 Å². The number of hydrogen-bond acceptors (Lipinski definition) is 5. The monoisotopic (exact) mass is 377 g/mol. The summed E-state index contributed by atoms with van der Waals surface area (Å²) in [7, 11) is 0. The molecule has 0 spiro atoms. The summed E-state index contributed by atoms with van der Waals surface area (Å²) in [6.45, 7) is 3.03. The largest absolute Gasteiger partial charge is 0.492 e. The third kappa shape index (κ3) is 3.55. The maximum absolute atomic E-state index is 6.09. The summed E-state index contributed by atoms with van der Waals surface area (Å²) in [6, 6.07) is 14.8. The number of imidazole rings is 1. The molecule has 1 fully saturated rings. The summed E-state index contributed by atoms with van der Waals surface area (Å²) in [6.07, 6.45) is 7.87. The molecule has 1 aromatic heterocycles. The third-order valence-electron chi connectivity index (χ3n) is 5.40. The van der Waals surface area contributed by atoms with E-state index in [1.165, 1.54) is 12.0 Å².